The topological polar surface area (TPSA) is 42.9 Å². The first-order valence-corrected chi connectivity index (χ1v) is 5.25. The number of benzene rings is 1. The molecule has 16 heavy (non-hydrogen) atoms. The van der Waals surface area contributed by atoms with E-state index in [2.05, 4.69) is 10.3 Å². The molecule has 84 valence electrons. The Kier molecular flexibility index (Phi) is 2.14. The minimum absolute atomic E-state index is 0.120. The molecule has 2 heterocycles. The summed E-state index contributed by atoms with van der Waals surface area (Å²) >= 11 is 5.92. The van der Waals surface area contributed by atoms with Crippen LogP contribution in [0.4, 0.5) is 10.1 Å². The lowest BCUT2D eigenvalue weighted by Crippen LogP contribution is -2.19. The molecule has 0 fully saturated rings. The number of hydrogen-bond donors (Lipinski definition) is 1. The van der Waals surface area contributed by atoms with Crippen molar-refractivity contribution in [2.75, 3.05) is 18.5 Å². The summed E-state index contributed by atoms with van der Waals surface area (Å²) in [6, 6.07) is 1.67. The number of halogens is 2. The molecule has 0 bridgehead atoms. The minimum atomic E-state index is -0.730. The molecule has 0 saturated heterocycles. The maximum atomic E-state index is 14.1. The highest BCUT2D eigenvalue weighted by atomic mass is 35.5. The van der Waals surface area contributed by atoms with Crippen LogP contribution in [0, 0.1) is 5.82 Å². The van der Waals surface area contributed by atoms with Crippen molar-refractivity contribution < 1.29 is 13.9 Å². The van der Waals surface area contributed by atoms with E-state index in [9.17, 15) is 4.39 Å². The smallest absolute Gasteiger partial charge is 0.197 e. The van der Waals surface area contributed by atoms with Crippen LogP contribution in [0.1, 0.15) is 11.1 Å². The van der Waals surface area contributed by atoms with Crippen LogP contribution in [0.3, 0.4) is 0 Å². The molecule has 1 atom stereocenters. The van der Waals surface area contributed by atoms with E-state index in [-0.39, 0.29) is 5.75 Å². The van der Waals surface area contributed by atoms with E-state index in [1.54, 1.807) is 6.07 Å². The highest BCUT2D eigenvalue weighted by Crippen LogP contribution is 2.44. The van der Waals surface area contributed by atoms with Crippen molar-refractivity contribution >= 4 is 23.6 Å². The van der Waals surface area contributed by atoms with Gasteiger partial charge in [-0.3, -0.25) is 4.99 Å². The van der Waals surface area contributed by atoms with Crippen molar-refractivity contribution in [1.82, 2.24) is 0 Å². The summed E-state index contributed by atoms with van der Waals surface area (Å²) in [6.45, 7) is 0.760. The van der Waals surface area contributed by atoms with Crippen molar-refractivity contribution in [3.05, 3.63) is 17.4 Å². The molecule has 0 amide bonds. The van der Waals surface area contributed by atoms with Gasteiger partial charge in [0.25, 0.3) is 0 Å². The maximum absolute atomic E-state index is 14.1. The van der Waals surface area contributed by atoms with Crippen molar-refractivity contribution in [3.8, 4) is 11.5 Å². The number of alkyl halides is 1. The monoisotopic (exact) mass is 242 g/mol. The summed E-state index contributed by atoms with van der Waals surface area (Å²) < 4.78 is 24.6. The first-order valence-electron chi connectivity index (χ1n) is 4.81. The number of ether oxygens (including phenoxy) is 2. The molecule has 1 aromatic carbocycles. The Bertz CT molecular complexity index is 478. The second kappa shape index (κ2) is 3.52. The number of rotatable bonds is 0. The van der Waals surface area contributed by atoms with E-state index in [1.807, 2.05) is 0 Å². The SMILES string of the molecule is Fc1c2c(cc3c1C(Cl)N=CN3)OCCO2. The lowest BCUT2D eigenvalue weighted by atomic mass is 10.1. The Morgan fingerprint density at radius 1 is 1.44 bits per heavy atom. The van der Waals surface area contributed by atoms with Gasteiger partial charge in [0.2, 0.25) is 0 Å². The summed E-state index contributed by atoms with van der Waals surface area (Å²) in [4.78, 5) is 3.87. The molecule has 0 spiro atoms. The third-order valence-electron chi connectivity index (χ3n) is 2.48. The zero-order valence-corrected chi connectivity index (χ0v) is 8.92. The van der Waals surface area contributed by atoms with Gasteiger partial charge in [-0.15, -0.1) is 0 Å². The second-order valence-electron chi connectivity index (χ2n) is 3.43. The van der Waals surface area contributed by atoms with Crippen LogP contribution < -0.4 is 14.8 Å². The Morgan fingerprint density at radius 2 is 2.25 bits per heavy atom. The molecule has 2 aliphatic heterocycles. The molecular weight excluding hydrogens is 235 g/mol. The number of anilines is 1. The van der Waals surface area contributed by atoms with Crippen LogP contribution in [0.25, 0.3) is 0 Å². The van der Waals surface area contributed by atoms with Gasteiger partial charge in [0, 0.05) is 6.07 Å². The van der Waals surface area contributed by atoms with Crippen LogP contribution >= 0.6 is 11.6 Å². The lowest BCUT2D eigenvalue weighted by Gasteiger charge is -2.24. The lowest BCUT2D eigenvalue weighted by molar-refractivity contribution is 0.164. The third-order valence-corrected chi connectivity index (χ3v) is 2.81. The Labute approximate surface area is 96.0 Å². The van der Waals surface area contributed by atoms with Crippen LogP contribution in [0.5, 0.6) is 11.5 Å². The van der Waals surface area contributed by atoms with Crippen LogP contribution in [-0.4, -0.2) is 19.6 Å². The number of nitrogens with zero attached hydrogens (tertiary/aromatic N) is 1. The van der Waals surface area contributed by atoms with E-state index in [1.165, 1.54) is 6.34 Å². The number of aliphatic imine (C=N–C) groups is 1. The molecule has 0 aliphatic carbocycles. The Morgan fingerprint density at radius 3 is 3.12 bits per heavy atom. The highest BCUT2D eigenvalue weighted by Gasteiger charge is 2.28. The fourth-order valence-electron chi connectivity index (χ4n) is 1.76. The molecule has 4 nitrogen and oxygen atoms in total. The molecule has 2 aliphatic rings. The van der Waals surface area contributed by atoms with Crippen molar-refractivity contribution in [3.63, 3.8) is 0 Å². The Hall–Kier alpha value is -1.49. The summed E-state index contributed by atoms with van der Waals surface area (Å²) in [5.41, 5.74) is 0.136. The number of nitrogens with one attached hydrogen (secondary N) is 1. The fraction of sp³-hybridized carbons (Fsp3) is 0.300. The van der Waals surface area contributed by atoms with Crippen LogP contribution in [0.15, 0.2) is 11.1 Å². The second-order valence-corrected chi connectivity index (χ2v) is 3.85. The van der Waals surface area contributed by atoms with E-state index in [0.717, 1.165) is 0 Å². The molecule has 6 heteroatoms. The largest absolute Gasteiger partial charge is 0.486 e. The first-order chi connectivity index (χ1) is 7.77. The first kappa shape index (κ1) is 9.72. The highest BCUT2D eigenvalue weighted by molar-refractivity contribution is 6.22. The average Bonchev–Trinajstić information content (AvgIpc) is 2.29. The van der Waals surface area contributed by atoms with Gasteiger partial charge in [-0.05, 0) is 0 Å². The van der Waals surface area contributed by atoms with Gasteiger partial charge in [-0.1, -0.05) is 11.6 Å². The van der Waals surface area contributed by atoms with Gasteiger partial charge < -0.3 is 14.8 Å². The summed E-state index contributed by atoms with van der Waals surface area (Å²) in [5.74, 6) is 0.0141. The molecule has 1 N–H and O–H groups in total. The molecular formula is C10H8ClFN2O2. The number of fused-ring (bicyclic) bond motifs is 2. The minimum Gasteiger partial charge on any atom is -0.486 e. The molecule has 0 saturated carbocycles. The van der Waals surface area contributed by atoms with E-state index >= 15 is 0 Å². The molecule has 1 aromatic rings. The normalized spacial score (nSPS) is 21.2. The predicted octanol–water partition coefficient (Wildman–Crippen LogP) is 2.29. The standard InChI is InChI=1S/C10H8ClFN2O2/c11-10-7-5(13-4-14-10)3-6-9(8(7)12)16-2-1-15-6/h3-4,10H,1-2H2,(H,13,14). The molecule has 1 unspecified atom stereocenters. The predicted molar refractivity (Wildman–Crippen MR) is 58.1 cm³/mol. The van der Waals surface area contributed by atoms with E-state index < -0.39 is 11.3 Å². The summed E-state index contributed by atoms with van der Waals surface area (Å²) in [5, 5.41) is 2.83. The molecule has 3 rings (SSSR count). The van der Waals surface area contributed by atoms with E-state index in [4.69, 9.17) is 21.1 Å². The van der Waals surface area contributed by atoms with Gasteiger partial charge in [-0.2, -0.15) is 0 Å². The van der Waals surface area contributed by atoms with Gasteiger partial charge in [0.05, 0.1) is 17.6 Å². The number of hydrogen-bond acceptors (Lipinski definition) is 4. The van der Waals surface area contributed by atoms with Gasteiger partial charge in [0.1, 0.15) is 13.2 Å². The van der Waals surface area contributed by atoms with Crippen LogP contribution in [-0.2, 0) is 0 Å². The maximum Gasteiger partial charge on any atom is 0.197 e. The molecule has 0 radical (unpaired) electrons. The van der Waals surface area contributed by atoms with Gasteiger partial charge >= 0.3 is 0 Å². The summed E-state index contributed by atoms with van der Waals surface area (Å²) in [6.07, 6.45) is 1.44. The van der Waals surface area contributed by atoms with E-state index in [0.29, 0.717) is 30.2 Å². The van der Waals surface area contributed by atoms with Crippen molar-refractivity contribution in [1.29, 1.82) is 0 Å². The fourth-order valence-corrected chi connectivity index (χ4v) is 2.03. The van der Waals surface area contributed by atoms with Gasteiger partial charge in [0.15, 0.2) is 22.8 Å². The third kappa shape index (κ3) is 1.31. The average molecular weight is 243 g/mol. The molecule has 0 aromatic heterocycles. The zero-order valence-electron chi connectivity index (χ0n) is 8.17. The summed E-state index contributed by atoms with van der Waals surface area (Å²) in [7, 11) is 0. The van der Waals surface area contributed by atoms with Crippen molar-refractivity contribution in [2.24, 2.45) is 4.99 Å². The Balaban J connectivity index is 2.20. The van der Waals surface area contributed by atoms with Crippen LogP contribution in [0.2, 0.25) is 0 Å². The zero-order chi connectivity index (χ0) is 11.1. The quantitative estimate of drug-likeness (QED) is 0.561. The van der Waals surface area contributed by atoms with Gasteiger partial charge in [-0.25, -0.2) is 4.39 Å². The van der Waals surface area contributed by atoms with Crippen molar-refractivity contribution in [2.45, 2.75) is 5.50 Å².